The van der Waals surface area contributed by atoms with Gasteiger partial charge in [0.05, 0.1) is 12.8 Å². The van der Waals surface area contributed by atoms with E-state index in [1.807, 2.05) is 32.0 Å². The summed E-state index contributed by atoms with van der Waals surface area (Å²) >= 11 is 3.42. The van der Waals surface area contributed by atoms with E-state index in [1.165, 1.54) is 0 Å². The molecular formula is C14H15BrN2O3. The molecular weight excluding hydrogens is 324 g/mol. The molecule has 106 valence electrons. The van der Waals surface area contributed by atoms with Crippen molar-refractivity contribution in [3.63, 3.8) is 0 Å². The third-order valence-electron chi connectivity index (χ3n) is 2.88. The van der Waals surface area contributed by atoms with Gasteiger partial charge in [0.25, 0.3) is 0 Å². The summed E-state index contributed by atoms with van der Waals surface area (Å²) < 4.78 is 7.93. The first-order chi connectivity index (χ1) is 9.43. The van der Waals surface area contributed by atoms with Gasteiger partial charge in [-0.25, -0.2) is 4.79 Å². The number of nitrogens with zero attached hydrogens (tertiary/aromatic N) is 2. The Morgan fingerprint density at radius 2 is 2.10 bits per heavy atom. The highest BCUT2D eigenvalue weighted by molar-refractivity contribution is 9.10. The molecule has 1 N–H and O–H groups in total. The maximum atomic E-state index is 11.1. The van der Waals surface area contributed by atoms with E-state index in [1.54, 1.807) is 17.9 Å². The number of halogens is 1. The summed E-state index contributed by atoms with van der Waals surface area (Å²) in [5.74, 6) is -0.369. The first-order valence-corrected chi connectivity index (χ1v) is 6.90. The van der Waals surface area contributed by atoms with E-state index in [2.05, 4.69) is 21.0 Å². The van der Waals surface area contributed by atoms with Crippen LogP contribution in [0, 0.1) is 0 Å². The zero-order valence-corrected chi connectivity index (χ0v) is 13.0. The van der Waals surface area contributed by atoms with Crippen molar-refractivity contribution in [3.8, 4) is 17.0 Å². The van der Waals surface area contributed by atoms with E-state index in [0.717, 1.165) is 15.7 Å². The monoisotopic (exact) mass is 338 g/mol. The summed E-state index contributed by atoms with van der Waals surface area (Å²) in [5, 5.41) is 13.3. The number of carboxylic acid groups (broad SMARTS) is 1. The average Bonchev–Trinajstić information content (AvgIpc) is 2.83. The molecule has 0 saturated carbocycles. The van der Waals surface area contributed by atoms with Gasteiger partial charge in [0.1, 0.15) is 5.75 Å². The largest absolute Gasteiger partial charge is 0.496 e. The highest BCUT2D eigenvalue weighted by Gasteiger charge is 2.19. The SMILES string of the molecule is COc1ccc(Br)cc1-c1cc(C(=O)O)nn1C(C)C. The number of aromatic nitrogens is 2. The molecule has 0 aliphatic heterocycles. The predicted octanol–water partition coefficient (Wildman–Crippen LogP) is 3.60. The highest BCUT2D eigenvalue weighted by atomic mass is 79.9. The zero-order valence-electron chi connectivity index (χ0n) is 11.4. The zero-order chi connectivity index (χ0) is 14.9. The molecule has 0 aliphatic rings. The number of methoxy groups -OCH3 is 1. The van der Waals surface area contributed by atoms with Crippen LogP contribution in [0.2, 0.25) is 0 Å². The molecule has 0 aliphatic carbocycles. The Kier molecular flexibility index (Phi) is 4.13. The van der Waals surface area contributed by atoms with Crippen molar-refractivity contribution < 1.29 is 14.6 Å². The molecule has 0 fully saturated rings. The molecule has 2 aromatic rings. The summed E-state index contributed by atoms with van der Waals surface area (Å²) in [6, 6.07) is 7.20. The second kappa shape index (κ2) is 5.66. The van der Waals surface area contributed by atoms with Crippen LogP contribution in [0.15, 0.2) is 28.7 Å². The van der Waals surface area contributed by atoms with Crippen LogP contribution in [0.5, 0.6) is 5.75 Å². The molecule has 2 rings (SSSR count). The smallest absolute Gasteiger partial charge is 0.356 e. The molecule has 1 aromatic heterocycles. The maximum absolute atomic E-state index is 11.1. The fourth-order valence-electron chi connectivity index (χ4n) is 1.97. The topological polar surface area (TPSA) is 64.3 Å². The van der Waals surface area contributed by atoms with Crippen molar-refractivity contribution in [2.45, 2.75) is 19.9 Å². The Morgan fingerprint density at radius 1 is 1.40 bits per heavy atom. The number of carboxylic acids is 1. The van der Waals surface area contributed by atoms with Crippen LogP contribution >= 0.6 is 15.9 Å². The van der Waals surface area contributed by atoms with E-state index < -0.39 is 5.97 Å². The number of ether oxygens (including phenoxy) is 1. The van der Waals surface area contributed by atoms with Crippen LogP contribution in [0.25, 0.3) is 11.3 Å². The van der Waals surface area contributed by atoms with Gasteiger partial charge >= 0.3 is 5.97 Å². The number of rotatable bonds is 4. The van der Waals surface area contributed by atoms with Crippen LogP contribution in [0.1, 0.15) is 30.4 Å². The molecule has 0 atom stereocenters. The molecule has 0 amide bonds. The Labute approximate surface area is 125 Å². The lowest BCUT2D eigenvalue weighted by atomic mass is 10.1. The number of carbonyl (C=O) groups is 1. The minimum Gasteiger partial charge on any atom is -0.496 e. The van der Waals surface area contributed by atoms with Crippen molar-refractivity contribution in [1.82, 2.24) is 9.78 Å². The predicted molar refractivity (Wildman–Crippen MR) is 79.3 cm³/mol. The Morgan fingerprint density at radius 3 is 2.65 bits per heavy atom. The van der Waals surface area contributed by atoms with Gasteiger partial charge in [0.2, 0.25) is 0 Å². The van der Waals surface area contributed by atoms with Crippen LogP contribution in [0.4, 0.5) is 0 Å². The first-order valence-electron chi connectivity index (χ1n) is 6.10. The lowest BCUT2D eigenvalue weighted by Gasteiger charge is -2.13. The minimum atomic E-state index is -1.04. The van der Waals surface area contributed by atoms with Crippen LogP contribution in [-0.4, -0.2) is 28.0 Å². The quantitative estimate of drug-likeness (QED) is 0.924. The second-order valence-electron chi connectivity index (χ2n) is 4.60. The number of hydrogen-bond acceptors (Lipinski definition) is 3. The fraction of sp³-hybridized carbons (Fsp3) is 0.286. The van der Waals surface area contributed by atoms with Crippen molar-refractivity contribution in [1.29, 1.82) is 0 Å². The molecule has 0 radical (unpaired) electrons. The van der Waals surface area contributed by atoms with Crippen molar-refractivity contribution in [2.24, 2.45) is 0 Å². The number of benzene rings is 1. The van der Waals surface area contributed by atoms with Gasteiger partial charge in [-0.05, 0) is 38.1 Å². The van der Waals surface area contributed by atoms with E-state index in [4.69, 9.17) is 9.84 Å². The Balaban J connectivity index is 2.67. The maximum Gasteiger partial charge on any atom is 0.356 e. The van der Waals surface area contributed by atoms with E-state index in [-0.39, 0.29) is 11.7 Å². The van der Waals surface area contributed by atoms with Gasteiger partial charge in [-0.15, -0.1) is 0 Å². The lowest BCUT2D eigenvalue weighted by molar-refractivity contribution is 0.0689. The van der Waals surface area contributed by atoms with Crippen molar-refractivity contribution in [3.05, 3.63) is 34.4 Å². The normalized spacial score (nSPS) is 10.8. The number of hydrogen-bond donors (Lipinski definition) is 1. The van der Waals surface area contributed by atoms with Crippen molar-refractivity contribution in [2.75, 3.05) is 7.11 Å². The third kappa shape index (κ3) is 2.70. The molecule has 0 unspecified atom stereocenters. The molecule has 5 nitrogen and oxygen atoms in total. The lowest BCUT2D eigenvalue weighted by Crippen LogP contribution is -2.07. The first kappa shape index (κ1) is 14.6. The molecule has 0 spiro atoms. The molecule has 0 saturated heterocycles. The van der Waals surface area contributed by atoms with Gasteiger partial charge in [-0.3, -0.25) is 4.68 Å². The molecule has 1 aromatic carbocycles. The molecule has 6 heteroatoms. The summed E-state index contributed by atoms with van der Waals surface area (Å²) in [7, 11) is 1.58. The molecule has 0 bridgehead atoms. The van der Waals surface area contributed by atoms with Crippen molar-refractivity contribution >= 4 is 21.9 Å². The van der Waals surface area contributed by atoms with Crippen LogP contribution in [-0.2, 0) is 0 Å². The fourth-order valence-corrected chi connectivity index (χ4v) is 2.34. The van der Waals surface area contributed by atoms with Crippen LogP contribution < -0.4 is 4.74 Å². The Hall–Kier alpha value is -1.82. The second-order valence-corrected chi connectivity index (χ2v) is 5.52. The van der Waals surface area contributed by atoms with Gasteiger partial charge in [0.15, 0.2) is 5.69 Å². The Bertz CT molecular complexity index is 650. The molecule has 1 heterocycles. The van der Waals surface area contributed by atoms with Gasteiger partial charge < -0.3 is 9.84 Å². The van der Waals surface area contributed by atoms with Gasteiger partial charge in [0, 0.05) is 16.1 Å². The summed E-state index contributed by atoms with van der Waals surface area (Å²) in [6.45, 7) is 3.90. The molecule has 20 heavy (non-hydrogen) atoms. The highest BCUT2D eigenvalue weighted by Crippen LogP contribution is 2.34. The summed E-state index contributed by atoms with van der Waals surface area (Å²) in [5.41, 5.74) is 1.54. The number of aromatic carboxylic acids is 1. The van der Waals surface area contributed by atoms with E-state index in [9.17, 15) is 4.79 Å². The van der Waals surface area contributed by atoms with Gasteiger partial charge in [-0.2, -0.15) is 5.10 Å². The standard InChI is InChI=1S/C14H15BrN2O3/c1-8(2)17-12(7-11(16-17)14(18)19)10-6-9(15)4-5-13(10)20-3/h4-8H,1-3H3,(H,18,19). The summed E-state index contributed by atoms with van der Waals surface area (Å²) in [6.07, 6.45) is 0. The van der Waals surface area contributed by atoms with Crippen LogP contribution in [0.3, 0.4) is 0 Å². The van der Waals surface area contributed by atoms with E-state index in [0.29, 0.717) is 5.75 Å². The van der Waals surface area contributed by atoms with Gasteiger partial charge in [-0.1, -0.05) is 15.9 Å². The summed E-state index contributed by atoms with van der Waals surface area (Å²) in [4.78, 5) is 11.1. The third-order valence-corrected chi connectivity index (χ3v) is 3.37. The van der Waals surface area contributed by atoms with E-state index >= 15 is 0 Å². The minimum absolute atomic E-state index is 0.0238. The average molecular weight is 339 g/mol.